The summed E-state index contributed by atoms with van der Waals surface area (Å²) in [6.45, 7) is 1.88. The van der Waals surface area contributed by atoms with Gasteiger partial charge in [0.25, 0.3) is 0 Å². The van der Waals surface area contributed by atoms with Crippen molar-refractivity contribution in [2.24, 2.45) is 0 Å². The van der Waals surface area contributed by atoms with Crippen LogP contribution in [0.4, 0.5) is 0 Å². The van der Waals surface area contributed by atoms with Crippen LogP contribution in [0.5, 0.6) is 0 Å². The fraction of sp³-hybridized carbons (Fsp3) is 0.111. The van der Waals surface area contributed by atoms with Gasteiger partial charge in [0.15, 0.2) is 0 Å². The number of rotatable bonds is 2. The average molecular weight is 191 g/mol. The first-order valence-electron chi connectivity index (χ1n) is 4.11. The molecule has 2 aromatic rings. The zero-order valence-electron chi connectivity index (χ0n) is 7.53. The Morgan fingerprint density at radius 1 is 1.50 bits per heavy atom. The number of aromatic amines is 2. The summed E-state index contributed by atoms with van der Waals surface area (Å²) >= 11 is 0. The first kappa shape index (κ1) is 8.55. The number of carbonyl (C=O) groups is 1. The van der Waals surface area contributed by atoms with Gasteiger partial charge >= 0.3 is 5.97 Å². The standard InChI is InChI=1S/C9H9N3O2/c1-5-6(4-10-12-5)7-2-3-8(11-7)9(13)14/h2-4,11H,1H3,(H,10,12)(H,13,14). The van der Waals surface area contributed by atoms with Crippen LogP contribution in [0.15, 0.2) is 18.3 Å². The number of nitrogens with zero attached hydrogens (tertiary/aromatic N) is 1. The van der Waals surface area contributed by atoms with Crippen molar-refractivity contribution in [2.75, 3.05) is 0 Å². The van der Waals surface area contributed by atoms with Crippen molar-refractivity contribution >= 4 is 5.97 Å². The van der Waals surface area contributed by atoms with Crippen LogP contribution in [0.1, 0.15) is 16.2 Å². The smallest absolute Gasteiger partial charge is 0.352 e. The highest BCUT2D eigenvalue weighted by Crippen LogP contribution is 2.20. The monoisotopic (exact) mass is 191 g/mol. The number of hydrogen-bond acceptors (Lipinski definition) is 2. The molecule has 0 aliphatic heterocycles. The Labute approximate surface area is 79.8 Å². The van der Waals surface area contributed by atoms with Crippen LogP contribution in [0.25, 0.3) is 11.3 Å². The molecule has 0 aliphatic rings. The molecule has 5 nitrogen and oxygen atoms in total. The van der Waals surface area contributed by atoms with Crippen molar-refractivity contribution in [1.82, 2.24) is 15.2 Å². The molecule has 2 heterocycles. The van der Waals surface area contributed by atoms with Gasteiger partial charge in [-0.25, -0.2) is 4.79 Å². The molecule has 0 amide bonds. The fourth-order valence-corrected chi connectivity index (χ4v) is 1.30. The van der Waals surface area contributed by atoms with Crippen molar-refractivity contribution in [3.63, 3.8) is 0 Å². The van der Waals surface area contributed by atoms with Crippen LogP contribution in [0.3, 0.4) is 0 Å². The molecule has 2 rings (SSSR count). The zero-order valence-corrected chi connectivity index (χ0v) is 7.53. The number of carboxylic acids is 1. The molecule has 0 radical (unpaired) electrons. The Bertz CT molecular complexity index is 470. The molecular weight excluding hydrogens is 182 g/mol. The van der Waals surface area contributed by atoms with E-state index in [1.807, 2.05) is 6.92 Å². The SMILES string of the molecule is Cc1[nH]ncc1-c1ccc(C(=O)O)[nH]1. The number of H-pyrrole nitrogens is 2. The van der Waals surface area contributed by atoms with Crippen molar-refractivity contribution in [1.29, 1.82) is 0 Å². The second-order valence-corrected chi connectivity index (χ2v) is 3.00. The van der Waals surface area contributed by atoms with Gasteiger partial charge < -0.3 is 10.1 Å². The highest BCUT2D eigenvalue weighted by atomic mass is 16.4. The lowest BCUT2D eigenvalue weighted by Crippen LogP contribution is -1.95. The summed E-state index contributed by atoms with van der Waals surface area (Å²) < 4.78 is 0. The molecule has 0 spiro atoms. The molecule has 0 saturated carbocycles. The molecule has 0 bridgehead atoms. The minimum Gasteiger partial charge on any atom is -0.477 e. The highest BCUT2D eigenvalue weighted by Gasteiger charge is 2.09. The van der Waals surface area contributed by atoms with Gasteiger partial charge in [0.2, 0.25) is 0 Å². The average Bonchev–Trinajstić information content (AvgIpc) is 2.71. The first-order valence-corrected chi connectivity index (χ1v) is 4.11. The largest absolute Gasteiger partial charge is 0.477 e. The fourth-order valence-electron chi connectivity index (χ4n) is 1.30. The molecule has 72 valence electrons. The lowest BCUT2D eigenvalue weighted by atomic mass is 10.2. The number of aryl methyl sites for hydroxylation is 1. The molecule has 0 aromatic carbocycles. The van der Waals surface area contributed by atoms with Crippen molar-refractivity contribution in [3.05, 3.63) is 29.7 Å². The molecule has 5 heteroatoms. The first-order chi connectivity index (χ1) is 6.68. The minimum absolute atomic E-state index is 0.181. The minimum atomic E-state index is -0.961. The Kier molecular flexibility index (Phi) is 1.85. The number of carboxylic acid groups (broad SMARTS) is 1. The lowest BCUT2D eigenvalue weighted by Gasteiger charge is -1.93. The summed E-state index contributed by atoms with van der Waals surface area (Å²) in [5.74, 6) is -0.961. The zero-order chi connectivity index (χ0) is 10.1. The topological polar surface area (TPSA) is 81.8 Å². The van der Waals surface area contributed by atoms with E-state index in [1.54, 1.807) is 12.3 Å². The molecule has 0 saturated heterocycles. The van der Waals surface area contributed by atoms with Crippen LogP contribution in [0.2, 0.25) is 0 Å². The molecule has 2 aromatic heterocycles. The van der Waals surface area contributed by atoms with Crippen LogP contribution < -0.4 is 0 Å². The second-order valence-electron chi connectivity index (χ2n) is 3.00. The van der Waals surface area contributed by atoms with Gasteiger partial charge in [0.05, 0.1) is 6.20 Å². The van der Waals surface area contributed by atoms with E-state index in [1.165, 1.54) is 6.07 Å². The van der Waals surface area contributed by atoms with E-state index in [9.17, 15) is 4.79 Å². The number of aromatic carboxylic acids is 1. The molecule has 0 unspecified atom stereocenters. The van der Waals surface area contributed by atoms with Gasteiger partial charge in [-0.3, -0.25) is 5.10 Å². The molecule has 3 N–H and O–H groups in total. The highest BCUT2D eigenvalue weighted by molar-refractivity contribution is 5.86. The van der Waals surface area contributed by atoms with Gasteiger partial charge in [-0.05, 0) is 19.1 Å². The van der Waals surface area contributed by atoms with Crippen LogP contribution in [0, 0.1) is 6.92 Å². The number of nitrogens with one attached hydrogen (secondary N) is 2. The van der Waals surface area contributed by atoms with Crippen LogP contribution in [-0.2, 0) is 0 Å². The quantitative estimate of drug-likeness (QED) is 0.671. The predicted octanol–water partition coefficient (Wildman–Crippen LogP) is 1.41. The van der Waals surface area contributed by atoms with E-state index in [0.29, 0.717) is 0 Å². The Morgan fingerprint density at radius 2 is 2.29 bits per heavy atom. The summed E-state index contributed by atoms with van der Waals surface area (Å²) in [5, 5.41) is 15.4. The summed E-state index contributed by atoms with van der Waals surface area (Å²) in [4.78, 5) is 13.4. The molecule has 14 heavy (non-hydrogen) atoms. The van der Waals surface area contributed by atoms with E-state index in [0.717, 1.165) is 17.0 Å². The van der Waals surface area contributed by atoms with Gasteiger partial charge in [-0.1, -0.05) is 0 Å². The third kappa shape index (κ3) is 1.28. The van der Waals surface area contributed by atoms with E-state index in [-0.39, 0.29) is 5.69 Å². The van der Waals surface area contributed by atoms with E-state index < -0.39 is 5.97 Å². The number of aromatic nitrogens is 3. The molecule has 0 fully saturated rings. The van der Waals surface area contributed by atoms with E-state index in [2.05, 4.69) is 15.2 Å². The van der Waals surface area contributed by atoms with Crippen LogP contribution >= 0.6 is 0 Å². The van der Waals surface area contributed by atoms with Crippen molar-refractivity contribution < 1.29 is 9.90 Å². The normalized spacial score (nSPS) is 10.4. The summed E-state index contributed by atoms with van der Waals surface area (Å²) in [6, 6.07) is 3.26. The third-order valence-electron chi connectivity index (χ3n) is 2.04. The van der Waals surface area contributed by atoms with E-state index >= 15 is 0 Å². The molecular formula is C9H9N3O2. The van der Waals surface area contributed by atoms with Crippen LogP contribution in [-0.4, -0.2) is 26.3 Å². The molecule has 0 atom stereocenters. The Balaban J connectivity index is 2.43. The van der Waals surface area contributed by atoms with E-state index in [4.69, 9.17) is 5.11 Å². The summed E-state index contributed by atoms with van der Waals surface area (Å²) in [6.07, 6.45) is 1.66. The maximum Gasteiger partial charge on any atom is 0.352 e. The van der Waals surface area contributed by atoms with Gasteiger partial charge in [-0.15, -0.1) is 0 Å². The maximum atomic E-state index is 10.6. The summed E-state index contributed by atoms with van der Waals surface area (Å²) in [7, 11) is 0. The number of hydrogen-bond donors (Lipinski definition) is 3. The third-order valence-corrected chi connectivity index (χ3v) is 2.04. The second kappa shape index (κ2) is 3.02. The summed E-state index contributed by atoms with van der Waals surface area (Å²) in [5.41, 5.74) is 2.73. The van der Waals surface area contributed by atoms with Gasteiger partial charge in [0.1, 0.15) is 5.69 Å². The van der Waals surface area contributed by atoms with Crippen molar-refractivity contribution in [2.45, 2.75) is 6.92 Å². The predicted molar refractivity (Wildman–Crippen MR) is 50.1 cm³/mol. The Hall–Kier alpha value is -2.04. The molecule has 0 aliphatic carbocycles. The van der Waals surface area contributed by atoms with Gasteiger partial charge in [0, 0.05) is 17.0 Å². The van der Waals surface area contributed by atoms with Crippen molar-refractivity contribution in [3.8, 4) is 11.3 Å². The Morgan fingerprint density at radius 3 is 2.79 bits per heavy atom. The maximum absolute atomic E-state index is 10.6. The lowest BCUT2D eigenvalue weighted by molar-refractivity contribution is 0.0691. The van der Waals surface area contributed by atoms with Gasteiger partial charge in [-0.2, -0.15) is 5.10 Å².